The van der Waals surface area contributed by atoms with Crippen molar-refractivity contribution in [2.75, 3.05) is 5.88 Å². The third kappa shape index (κ3) is 3.36. The molecule has 0 radical (unpaired) electrons. The number of alkyl halides is 1. The molecule has 0 fully saturated rings. The van der Waals surface area contributed by atoms with Crippen LogP contribution in [0.3, 0.4) is 0 Å². The van der Waals surface area contributed by atoms with E-state index in [1.165, 1.54) is 12.1 Å². The maximum atomic E-state index is 12.8. The zero-order valence-corrected chi connectivity index (χ0v) is 8.41. The van der Waals surface area contributed by atoms with Crippen LogP contribution in [0.4, 0.5) is 4.39 Å². The van der Waals surface area contributed by atoms with E-state index in [1.54, 1.807) is 6.07 Å². The van der Waals surface area contributed by atoms with Gasteiger partial charge in [-0.15, -0.1) is 24.2 Å². The van der Waals surface area contributed by atoms with Gasteiger partial charge >= 0.3 is 0 Å². The molecule has 0 aliphatic heterocycles. The number of carbonyl (C=O) groups excluding carboxylic acids is 1. The van der Waals surface area contributed by atoms with Gasteiger partial charge in [-0.3, -0.25) is 4.79 Å². The van der Waals surface area contributed by atoms with Crippen molar-refractivity contribution in [3.8, 4) is 0 Å². The van der Waals surface area contributed by atoms with Gasteiger partial charge in [-0.25, -0.2) is 4.39 Å². The van der Waals surface area contributed by atoms with Crippen molar-refractivity contribution >= 4 is 30.0 Å². The van der Waals surface area contributed by atoms with Gasteiger partial charge in [-0.05, 0) is 23.8 Å². The first-order valence-corrected chi connectivity index (χ1v) is 4.66. The number of ketones is 1. The summed E-state index contributed by atoms with van der Waals surface area (Å²) in [6.45, 7) is 0. The summed E-state index contributed by atoms with van der Waals surface area (Å²) in [4.78, 5) is 11.4. The molecule has 0 unspecified atom stereocenters. The van der Waals surface area contributed by atoms with Gasteiger partial charge in [-0.2, -0.15) is 0 Å². The number of Topliss-reactive ketones (excluding diaryl/α,β-unsaturated/α-hetero) is 1. The predicted octanol–water partition coefficient (Wildman–Crippen LogP) is 2.46. The Kier molecular flexibility index (Phi) is 3.75. The van der Waals surface area contributed by atoms with E-state index in [2.05, 4.69) is 12.6 Å². The Morgan fingerprint density at radius 1 is 1.46 bits per heavy atom. The summed E-state index contributed by atoms with van der Waals surface area (Å²) < 4.78 is 12.8. The highest BCUT2D eigenvalue weighted by Crippen LogP contribution is 2.13. The summed E-state index contributed by atoms with van der Waals surface area (Å²) in [5, 5.41) is 0. The third-order valence-electron chi connectivity index (χ3n) is 1.49. The van der Waals surface area contributed by atoms with Gasteiger partial charge in [0.2, 0.25) is 0 Å². The van der Waals surface area contributed by atoms with E-state index in [-0.39, 0.29) is 23.9 Å². The Morgan fingerprint density at radius 2 is 2.15 bits per heavy atom. The lowest BCUT2D eigenvalue weighted by atomic mass is 10.1. The number of carbonyl (C=O) groups is 1. The lowest BCUT2D eigenvalue weighted by Crippen LogP contribution is -2.03. The Labute approximate surface area is 86.3 Å². The van der Waals surface area contributed by atoms with Crippen molar-refractivity contribution in [3.63, 3.8) is 0 Å². The predicted molar refractivity (Wildman–Crippen MR) is 53.1 cm³/mol. The molecule has 1 nitrogen and oxygen atoms in total. The van der Waals surface area contributed by atoms with E-state index in [9.17, 15) is 9.18 Å². The molecule has 70 valence electrons. The van der Waals surface area contributed by atoms with E-state index >= 15 is 0 Å². The number of rotatable bonds is 3. The van der Waals surface area contributed by atoms with Crippen molar-refractivity contribution in [1.29, 1.82) is 0 Å². The molecule has 1 rings (SSSR count). The van der Waals surface area contributed by atoms with Crippen molar-refractivity contribution in [2.45, 2.75) is 11.3 Å². The van der Waals surface area contributed by atoms with Gasteiger partial charge in [-0.1, -0.05) is 0 Å². The molecular formula is C9H8ClFOS. The summed E-state index contributed by atoms with van der Waals surface area (Å²) >= 11 is 9.31. The average molecular weight is 219 g/mol. The minimum absolute atomic E-state index is 0.0432. The smallest absolute Gasteiger partial charge is 0.151 e. The molecular weight excluding hydrogens is 211 g/mol. The van der Waals surface area contributed by atoms with Crippen molar-refractivity contribution in [3.05, 3.63) is 29.6 Å². The van der Waals surface area contributed by atoms with Gasteiger partial charge in [0.05, 0.1) is 5.88 Å². The molecule has 0 spiro atoms. The fraction of sp³-hybridized carbons (Fsp3) is 0.222. The Hall–Kier alpha value is -0.540. The first-order chi connectivity index (χ1) is 6.11. The fourth-order valence-corrected chi connectivity index (χ4v) is 1.39. The average Bonchev–Trinajstić information content (AvgIpc) is 2.02. The molecule has 4 heteroatoms. The molecule has 0 aromatic heterocycles. The number of hydrogen-bond acceptors (Lipinski definition) is 2. The molecule has 1 aromatic carbocycles. The Morgan fingerprint density at radius 3 is 2.69 bits per heavy atom. The van der Waals surface area contributed by atoms with Gasteiger partial charge in [0.1, 0.15) is 5.82 Å². The molecule has 0 saturated carbocycles. The van der Waals surface area contributed by atoms with Gasteiger partial charge < -0.3 is 0 Å². The quantitative estimate of drug-likeness (QED) is 0.609. The number of thiol groups is 1. The highest BCUT2D eigenvalue weighted by Gasteiger charge is 2.04. The second-order valence-corrected chi connectivity index (χ2v) is 3.45. The third-order valence-corrected chi connectivity index (χ3v) is 2.05. The van der Waals surface area contributed by atoms with E-state index < -0.39 is 0 Å². The monoisotopic (exact) mass is 218 g/mol. The second kappa shape index (κ2) is 4.63. The number of halogens is 2. The normalized spacial score (nSPS) is 10.1. The van der Waals surface area contributed by atoms with Crippen molar-refractivity contribution < 1.29 is 9.18 Å². The number of hydrogen-bond donors (Lipinski definition) is 1. The van der Waals surface area contributed by atoms with Crippen LogP contribution in [0.25, 0.3) is 0 Å². The molecule has 0 aliphatic carbocycles. The molecule has 0 heterocycles. The first kappa shape index (κ1) is 10.5. The molecule has 0 N–H and O–H groups in total. The van der Waals surface area contributed by atoms with Crippen LogP contribution in [0.2, 0.25) is 0 Å². The SMILES string of the molecule is O=C(CCl)Cc1cc(F)cc(S)c1. The largest absolute Gasteiger partial charge is 0.298 e. The molecule has 0 bridgehead atoms. The summed E-state index contributed by atoms with van der Waals surface area (Å²) in [5.74, 6) is -0.553. The van der Waals surface area contributed by atoms with Crippen LogP contribution in [-0.2, 0) is 11.2 Å². The standard InChI is InChI=1S/C9H8ClFOS/c10-5-8(12)2-6-1-7(11)4-9(13)3-6/h1,3-4,13H,2,5H2. The topological polar surface area (TPSA) is 17.1 Å². The minimum Gasteiger partial charge on any atom is -0.298 e. The van der Waals surface area contributed by atoms with Crippen molar-refractivity contribution in [2.24, 2.45) is 0 Å². The second-order valence-electron chi connectivity index (χ2n) is 2.67. The minimum atomic E-state index is -0.384. The molecule has 13 heavy (non-hydrogen) atoms. The first-order valence-electron chi connectivity index (χ1n) is 3.68. The van der Waals surface area contributed by atoms with Crippen LogP contribution in [-0.4, -0.2) is 11.7 Å². The van der Waals surface area contributed by atoms with E-state index in [0.717, 1.165) is 0 Å². The summed E-state index contributed by atoms with van der Waals surface area (Å²) in [7, 11) is 0. The number of benzene rings is 1. The van der Waals surface area contributed by atoms with E-state index in [0.29, 0.717) is 10.5 Å². The molecule has 0 saturated heterocycles. The van der Waals surface area contributed by atoms with Gasteiger partial charge in [0.15, 0.2) is 5.78 Å². The van der Waals surface area contributed by atoms with Gasteiger partial charge in [0.25, 0.3) is 0 Å². The van der Waals surface area contributed by atoms with Crippen LogP contribution in [0, 0.1) is 5.82 Å². The lowest BCUT2D eigenvalue weighted by Gasteiger charge is -2.00. The maximum Gasteiger partial charge on any atom is 0.151 e. The zero-order valence-electron chi connectivity index (χ0n) is 6.76. The zero-order chi connectivity index (χ0) is 9.84. The van der Waals surface area contributed by atoms with Crippen LogP contribution < -0.4 is 0 Å². The Bertz CT molecular complexity index is 307. The van der Waals surface area contributed by atoms with Crippen LogP contribution in [0.5, 0.6) is 0 Å². The van der Waals surface area contributed by atoms with Gasteiger partial charge in [0, 0.05) is 11.3 Å². The highest BCUT2D eigenvalue weighted by molar-refractivity contribution is 7.80. The molecule has 0 amide bonds. The Balaban J connectivity index is 2.83. The molecule has 1 aromatic rings. The fourth-order valence-electron chi connectivity index (χ4n) is 1.01. The summed E-state index contributed by atoms with van der Waals surface area (Å²) in [6, 6.07) is 4.25. The van der Waals surface area contributed by atoms with Crippen LogP contribution in [0.15, 0.2) is 23.1 Å². The highest BCUT2D eigenvalue weighted by atomic mass is 35.5. The summed E-state index contributed by atoms with van der Waals surface area (Å²) in [5.41, 5.74) is 0.607. The lowest BCUT2D eigenvalue weighted by molar-refractivity contribution is -0.116. The van der Waals surface area contributed by atoms with E-state index in [4.69, 9.17) is 11.6 Å². The van der Waals surface area contributed by atoms with Crippen molar-refractivity contribution in [1.82, 2.24) is 0 Å². The summed E-state index contributed by atoms with van der Waals surface area (Å²) in [6.07, 6.45) is 0.162. The molecule has 0 aliphatic rings. The van der Waals surface area contributed by atoms with Crippen LogP contribution >= 0.6 is 24.2 Å². The van der Waals surface area contributed by atoms with E-state index in [1.807, 2.05) is 0 Å². The molecule has 0 atom stereocenters. The van der Waals surface area contributed by atoms with Crippen LogP contribution in [0.1, 0.15) is 5.56 Å². The maximum absolute atomic E-state index is 12.8.